The maximum Gasteiger partial charge on any atom is 0.457 e. The number of carbonyl (C=O) groups is 2. The lowest BCUT2D eigenvalue weighted by Gasteiger charge is -2.40. The van der Waals surface area contributed by atoms with Gasteiger partial charge in [-0.15, -0.1) is 0 Å². The maximum atomic E-state index is 11.8. The average Bonchev–Trinajstić information content (AvgIpc) is 2.07. The fourth-order valence-corrected chi connectivity index (χ4v) is 3.16. The van der Waals surface area contributed by atoms with E-state index in [4.69, 9.17) is 13.6 Å². The molecular weight excluding hydrogens is 240 g/mol. The van der Waals surface area contributed by atoms with Crippen molar-refractivity contribution < 1.29 is 23.2 Å². The third-order valence-corrected chi connectivity index (χ3v) is 4.33. The summed E-state index contributed by atoms with van der Waals surface area (Å²) >= 11 is 0. The topological polar surface area (TPSA) is 61.8 Å². The van der Waals surface area contributed by atoms with Crippen LogP contribution in [0.4, 0.5) is 0 Å². The molecule has 1 rings (SSSR count). The van der Waals surface area contributed by atoms with Crippen molar-refractivity contribution in [2.45, 2.75) is 39.8 Å². The molecule has 0 atom stereocenters. The highest BCUT2D eigenvalue weighted by Gasteiger charge is 2.41. The van der Waals surface area contributed by atoms with Gasteiger partial charge in [-0.25, -0.2) is 0 Å². The van der Waals surface area contributed by atoms with Crippen LogP contribution in [-0.4, -0.2) is 33.7 Å². The van der Waals surface area contributed by atoms with Crippen molar-refractivity contribution in [2.75, 3.05) is 13.2 Å². The molecule has 5 nitrogen and oxygen atoms in total. The molecule has 1 aliphatic heterocycles. The van der Waals surface area contributed by atoms with Crippen molar-refractivity contribution in [2.24, 2.45) is 5.41 Å². The van der Waals surface area contributed by atoms with Crippen LogP contribution in [0, 0.1) is 5.41 Å². The Balaban J connectivity index is 2.46. The third kappa shape index (κ3) is 4.12. The Bertz CT molecular complexity index is 303. The Labute approximate surface area is 103 Å². The van der Waals surface area contributed by atoms with Gasteiger partial charge in [-0.05, 0) is 6.42 Å². The lowest BCUT2D eigenvalue weighted by Crippen LogP contribution is -2.46. The van der Waals surface area contributed by atoms with Crippen LogP contribution in [0.15, 0.2) is 0 Å². The summed E-state index contributed by atoms with van der Waals surface area (Å²) in [5.74, 6) is -0.709. The molecule has 6 heteroatoms. The van der Waals surface area contributed by atoms with Crippen LogP contribution in [0.2, 0.25) is 13.1 Å². The summed E-state index contributed by atoms with van der Waals surface area (Å²) in [7, 11) is -2.67. The first-order valence-electron chi connectivity index (χ1n) is 5.78. The summed E-state index contributed by atoms with van der Waals surface area (Å²) < 4.78 is 15.5. The van der Waals surface area contributed by atoms with Gasteiger partial charge in [0.05, 0.1) is 19.6 Å². The maximum absolute atomic E-state index is 11.8. The Morgan fingerprint density at radius 3 is 2.24 bits per heavy atom. The first-order valence-corrected chi connectivity index (χ1v) is 8.59. The van der Waals surface area contributed by atoms with E-state index in [1.54, 1.807) is 13.1 Å². The molecule has 1 fully saturated rings. The highest BCUT2D eigenvalue weighted by molar-refractivity contribution is 6.67. The molecule has 0 spiro atoms. The number of ether oxygens (including phenoxy) is 1. The van der Waals surface area contributed by atoms with E-state index in [1.165, 1.54) is 6.92 Å². The zero-order chi connectivity index (χ0) is 13.1. The minimum atomic E-state index is -2.67. The van der Waals surface area contributed by atoms with E-state index < -0.39 is 14.5 Å². The van der Waals surface area contributed by atoms with Crippen LogP contribution in [-0.2, 0) is 23.2 Å². The molecule has 1 aliphatic rings. The second-order valence-electron chi connectivity index (χ2n) is 4.99. The van der Waals surface area contributed by atoms with Gasteiger partial charge in [-0.1, -0.05) is 6.92 Å². The molecule has 0 N–H and O–H groups in total. The van der Waals surface area contributed by atoms with Crippen molar-refractivity contribution >= 4 is 20.5 Å². The first-order chi connectivity index (χ1) is 7.79. The normalized spacial score (nSPS) is 18.1. The van der Waals surface area contributed by atoms with Gasteiger partial charge in [0.2, 0.25) is 0 Å². The molecular formula is C11H20O5Si. The summed E-state index contributed by atoms with van der Waals surface area (Å²) in [6.45, 7) is 7.92. The number of rotatable bonds is 5. The van der Waals surface area contributed by atoms with Crippen LogP contribution in [0.1, 0.15) is 26.7 Å². The Morgan fingerprint density at radius 2 is 1.88 bits per heavy atom. The predicted molar refractivity (Wildman–Crippen MR) is 63.5 cm³/mol. The van der Waals surface area contributed by atoms with Gasteiger partial charge in [-0.2, -0.15) is 0 Å². The Morgan fingerprint density at radius 1 is 1.29 bits per heavy atom. The quantitative estimate of drug-likeness (QED) is 0.703. The predicted octanol–water partition coefficient (Wildman–Crippen LogP) is 1.61. The molecule has 0 aromatic heterocycles. The number of hydrogen-bond donors (Lipinski definition) is 0. The standard InChI is InChI=1S/C11H20O5Si/c1-5-11(7-14-8-11)6-10(13)16-17(3,4)15-9(2)12/h5-8H2,1-4H3. The van der Waals surface area contributed by atoms with E-state index >= 15 is 0 Å². The van der Waals surface area contributed by atoms with E-state index in [0.29, 0.717) is 19.6 Å². The van der Waals surface area contributed by atoms with Crippen molar-refractivity contribution in [1.29, 1.82) is 0 Å². The second-order valence-corrected chi connectivity index (χ2v) is 8.20. The van der Waals surface area contributed by atoms with Crippen molar-refractivity contribution in [1.82, 2.24) is 0 Å². The molecule has 0 amide bonds. The minimum absolute atomic E-state index is 0.0716. The van der Waals surface area contributed by atoms with E-state index in [1.807, 2.05) is 6.92 Å². The van der Waals surface area contributed by atoms with E-state index in [2.05, 4.69) is 0 Å². The van der Waals surface area contributed by atoms with Gasteiger partial charge < -0.3 is 13.6 Å². The highest BCUT2D eigenvalue weighted by Crippen LogP contribution is 2.35. The van der Waals surface area contributed by atoms with Gasteiger partial charge in [0.15, 0.2) is 0 Å². The zero-order valence-corrected chi connectivity index (χ0v) is 11.9. The molecule has 0 saturated carbocycles. The summed E-state index contributed by atoms with van der Waals surface area (Å²) in [4.78, 5) is 22.6. The molecule has 0 aromatic carbocycles. The first kappa shape index (κ1) is 14.2. The monoisotopic (exact) mass is 260 g/mol. The molecule has 98 valence electrons. The Hall–Kier alpha value is -0.883. The zero-order valence-electron chi connectivity index (χ0n) is 10.9. The van der Waals surface area contributed by atoms with Crippen LogP contribution in [0.5, 0.6) is 0 Å². The average molecular weight is 260 g/mol. The smallest absolute Gasteiger partial charge is 0.457 e. The van der Waals surface area contributed by atoms with Gasteiger partial charge in [-0.3, -0.25) is 9.59 Å². The molecule has 0 bridgehead atoms. The van der Waals surface area contributed by atoms with Gasteiger partial charge >= 0.3 is 8.56 Å². The van der Waals surface area contributed by atoms with Gasteiger partial charge in [0.25, 0.3) is 11.9 Å². The van der Waals surface area contributed by atoms with E-state index in [0.717, 1.165) is 6.42 Å². The number of carbonyl (C=O) groups excluding carboxylic acids is 2. The van der Waals surface area contributed by atoms with Crippen molar-refractivity contribution in [3.8, 4) is 0 Å². The SMILES string of the molecule is CCC1(CC(=O)O[Si](C)(C)OC(C)=O)COC1. The second kappa shape index (κ2) is 5.18. The third-order valence-electron chi connectivity index (χ3n) is 2.83. The van der Waals surface area contributed by atoms with Crippen LogP contribution < -0.4 is 0 Å². The molecule has 0 unspecified atom stereocenters. The largest absolute Gasteiger partial charge is 0.485 e. The summed E-state index contributed by atoms with van der Waals surface area (Å²) in [5, 5.41) is 0. The number of hydrogen-bond acceptors (Lipinski definition) is 5. The highest BCUT2D eigenvalue weighted by atomic mass is 28.4. The van der Waals surface area contributed by atoms with Crippen LogP contribution in [0.3, 0.4) is 0 Å². The molecule has 1 heterocycles. The Kier molecular flexibility index (Phi) is 4.32. The fraction of sp³-hybridized carbons (Fsp3) is 0.818. The van der Waals surface area contributed by atoms with Gasteiger partial charge in [0, 0.05) is 25.4 Å². The minimum Gasteiger partial charge on any atom is -0.485 e. The summed E-state index contributed by atoms with van der Waals surface area (Å²) in [6.07, 6.45) is 1.22. The summed E-state index contributed by atoms with van der Waals surface area (Å²) in [6, 6.07) is 0. The molecule has 17 heavy (non-hydrogen) atoms. The molecule has 0 aromatic rings. The lowest BCUT2D eigenvalue weighted by atomic mass is 9.80. The van der Waals surface area contributed by atoms with Crippen LogP contribution >= 0.6 is 0 Å². The van der Waals surface area contributed by atoms with Crippen LogP contribution in [0.25, 0.3) is 0 Å². The fourth-order valence-electron chi connectivity index (χ4n) is 1.81. The molecule has 0 aliphatic carbocycles. The van der Waals surface area contributed by atoms with Crippen molar-refractivity contribution in [3.05, 3.63) is 0 Å². The van der Waals surface area contributed by atoms with E-state index in [9.17, 15) is 9.59 Å². The molecule has 0 radical (unpaired) electrons. The van der Waals surface area contributed by atoms with Gasteiger partial charge in [0.1, 0.15) is 0 Å². The van der Waals surface area contributed by atoms with E-state index in [-0.39, 0.29) is 11.4 Å². The van der Waals surface area contributed by atoms with Crippen molar-refractivity contribution in [3.63, 3.8) is 0 Å². The lowest BCUT2D eigenvalue weighted by molar-refractivity contribution is -0.157. The molecule has 1 saturated heterocycles. The summed E-state index contributed by atoms with van der Waals surface area (Å²) in [5.41, 5.74) is -0.0716.